The van der Waals surface area contributed by atoms with E-state index in [1.54, 1.807) is 0 Å². The highest BCUT2D eigenvalue weighted by atomic mass is 16.2. The fourth-order valence-corrected chi connectivity index (χ4v) is 2.50. The highest BCUT2D eigenvalue weighted by molar-refractivity contribution is 5.95. The Morgan fingerprint density at radius 2 is 2.11 bits per heavy atom. The van der Waals surface area contributed by atoms with Crippen molar-refractivity contribution in [2.45, 2.75) is 19.3 Å². The molecule has 0 unspecified atom stereocenters. The van der Waals surface area contributed by atoms with Crippen LogP contribution in [0, 0.1) is 0 Å². The van der Waals surface area contributed by atoms with Gasteiger partial charge < -0.3 is 9.88 Å². The summed E-state index contributed by atoms with van der Waals surface area (Å²) in [7, 11) is 0. The Labute approximate surface area is 106 Å². The van der Waals surface area contributed by atoms with E-state index in [0.717, 1.165) is 30.8 Å². The first-order valence-electron chi connectivity index (χ1n) is 6.35. The molecule has 0 atom stereocenters. The normalized spacial score (nSPS) is 13.7. The minimum Gasteiger partial charge on any atom is -0.365 e. The van der Waals surface area contributed by atoms with Gasteiger partial charge in [0.25, 0.3) is 0 Å². The number of H-pyrrole nitrogens is 1. The third-order valence-corrected chi connectivity index (χ3v) is 3.46. The van der Waals surface area contributed by atoms with Crippen molar-refractivity contribution in [2.75, 3.05) is 11.4 Å². The predicted octanol–water partition coefficient (Wildman–Crippen LogP) is 2.54. The maximum atomic E-state index is 12.2. The summed E-state index contributed by atoms with van der Waals surface area (Å²) < 4.78 is 0. The molecular formula is C15H16N2O. The van der Waals surface area contributed by atoms with E-state index in [1.165, 1.54) is 5.56 Å². The number of nitrogens with one attached hydrogen (secondary N) is 1. The molecule has 3 rings (SSSR count). The van der Waals surface area contributed by atoms with Crippen LogP contribution in [-0.4, -0.2) is 17.4 Å². The molecule has 92 valence electrons. The monoisotopic (exact) mass is 240 g/mol. The molecule has 0 radical (unpaired) electrons. The van der Waals surface area contributed by atoms with Gasteiger partial charge in [-0.2, -0.15) is 0 Å². The van der Waals surface area contributed by atoms with Gasteiger partial charge in [-0.3, -0.25) is 4.79 Å². The van der Waals surface area contributed by atoms with E-state index in [4.69, 9.17) is 0 Å². The van der Waals surface area contributed by atoms with Crippen LogP contribution >= 0.6 is 0 Å². The van der Waals surface area contributed by atoms with Crippen LogP contribution < -0.4 is 4.90 Å². The van der Waals surface area contributed by atoms with Gasteiger partial charge in [0.15, 0.2) is 0 Å². The lowest BCUT2D eigenvalue weighted by Crippen LogP contribution is -2.29. The minimum atomic E-state index is 0.217. The first kappa shape index (κ1) is 11.1. The number of para-hydroxylation sites is 1. The molecule has 18 heavy (non-hydrogen) atoms. The summed E-state index contributed by atoms with van der Waals surface area (Å²) in [5, 5.41) is 0. The van der Waals surface area contributed by atoms with E-state index in [2.05, 4.69) is 11.1 Å². The van der Waals surface area contributed by atoms with Crippen LogP contribution in [0.2, 0.25) is 0 Å². The minimum absolute atomic E-state index is 0.217. The molecule has 0 fully saturated rings. The van der Waals surface area contributed by atoms with Crippen molar-refractivity contribution in [1.82, 2.24) is 4.98 Å². The van der Waals surface area contributed by atoms with E-state index < -0.39 is 0 Å². The highest BCUT2D eigenvalue weighted by Gasteiger charge is 2.23. The first-order valence-corrected chi connectivity index (χ1v) is 6.35. The number of carbonyl (C=O) groups excluding carboxylic acids is 1. The van der Waals surface area contributed by atoms with Gasteiger partial charge in [0.05, 0.1) is 0 Å². The number of fused-ring (bicyclic) bond motifs is 1. The maximum absolute atomic E-state index is 12.2. The van der Waals surface area contributed by atoms with E-state index in [9.17, 15) is 4.79 Å². The van der Waals surface area contributed by atoms with Crippen LogP contribution in [0.5, 0.6) is 0 Å². The smallest absolute Gasteiger partial charge is 0.227 e. The molecule has 3 nitrogen and oxygen atoms in total. The van der Waals surface area contributed by atoms with E-state index >= 15 is 0 Å². The number of amides is 1. The molecule has 1 amide bonds. The average molecular weight is 240 g/mol. The SMILES string of the molecule is O=C(CCc1ccc[nH]1)N1CCc2ccccc21. The largest absolute Gasteiger partial charge is 0.365 e. The third-order valence-electron chi connectivity index (χ3n) is 3.46. The van der Waals surface area contributed by atoms with E-state index in [1.807, 2.05) is 41.4 Å². The Bertz CT molecular complexity index is 545. The summed E-state index contributed by atoms with van der Waals surface area (Å²) in [5.41, 5.74) is 3.50. The maximum Gasteiger partial charge on any atom is 0.227 e. The van der Waals surface area contributed by atoms with Gasteiger partial charge in [-0.25, -0.2) is 0 Å². The Hall–Kier alpha value is -2.03. The van der Waals surface area contributed by atoms with Crippen LogP contribution in [0.1, 0.15) is 17.7 Å². The zero-order valence-corrected chi connectivity index (χ0v) is 10.2. The van der Waals surface area contributed by atoms with Crippen molar-refractivity contribution < 1.29 is 4.79 Å². The lowest BCUT2D eigenvalue weighted by atomic mass is 10.2. The molecule has 0 saturated heterocycles. The van der Waals surface area contributed by atoms with Crippen molar-refractivity contribution in [1.29, 1.82) is 0 Å². The van der Waals surface area contributed by atoms with Gasteiger partial charge in [-0.1, -0.05) is 18.2 Å². The standard InChI is InChI=1S/C15H16N2O/c18-15(8-7-13-5-3-10-16-13)17-11-9-12-4-1-2-6-14(12)17/h1-6,10,16H,7-9,11H2. The Morgan fingerprint density at radius 1 is 1.22 bits per heavy atom. The Balaban J connectivity index is 1.67. The highest BCUT2D eigenvalue weighted by Crippen LogP contribution is 2.27. The zero-order chi connectivity index (χ0) is 12.4. The topological polar surface area (TPSA) is 36.1 Å². The first-order chi connectivity index (χ1) is 8.84. The second-order valence-corrected chi connectivity index (χ2v) is 4.62. The van der Waals surface area contributed by atoms with Gasteiger partial charge in [-0.05, 0) is 36.6 Å². The van der Waals surface area contributed by atoms with Gasteiger partial charge in [0.2, 0.25) is 5.91 Å². The molecule has 0 saturated carbocycles. The van der Waals surface area contributed by atoms with Crippen LogP contribution in [-0.2, 0) is 17.6 Å². The number of hydrogen-bond donors (Lipinski definition) is 1. The molecular weight excluding hydrogens is 224 g/mol. The number of hydrogen-bond acceptors (Lipinski definition) is 1. The number of nitrogens with zero attached hydrogens (tertiary/aromatic N) is 1. The number of carbonyl (C=O) groups is 1. The molecule has 3 heteroatoms. The second kappa shape index (κ2) is 4.69. The van der Waals surface area contributed by atoms with Crippen molar-refractivity contribution in [3.8, 4) is 0 Å². The van der Waals surface area contributed by atoms with Gasteiger partial charge in [-0.15, -0.1) is 0 Å². The number of aromatic amines is 1. The lowest BCUT2D eigenvalue weighted by molar-refractivity contribution is -0.118. The van der Waals surface area contributed by atoms with Crippen LogP contribution in [0.15, 0.2) is 42.6 Å². The molecule has 2 heterocycles. The van der Waals surface area contributed by atoms with Gasteiger partial charge >= 0.3 is 0 Å². The molecule has 1 aliphatic heterocycles. The predicted molar refractivity (Wildman–Crippen MR) is 71.6 cm³/mol. The number of anilines is 1. The molecule has 2 aromatic rings. The molecule has 0 bridgehead atoms. The van der Waals surface area contributed by atoms with E-state index in [0.29, 0.717) is 6.42 Å². The molecule has 1 N–H and O–H groups in total. The molecule has 1 aromatic carbocycles. The van der Waals surface area contributed by atoms with Crippen LogP contribution in [0.4, 0.5) is 5.69 Å². The fraction of sp³-hybridized carbons (Fsp3) is 0.267. The molecule has 0 aliphatic carbocycles. The molecule has 1 aromatic heterocycles. The number of aromatic nitrogens is 1. The Morgan fingerprint density at radius 3 is 2.94 bits per heavy atom. The Kier molecular flexibility index (Phi) is 2.89. The van der Waals surface area contributed by atoms with E-state index in [-0.39, 0.29) is 5.91 Å². The number of benzene rings is 1. The fourth-order valence-electron chi connectivity index (χ4n) is 2.50. The van der Waals surface area contributed by atoms with Crippen molar-refractivity contribution >= 4 is 11.6 Å². The summed E-state index contributed by atoms with van der Waals surface area (Å²) >= 11 is 0. The second-order valence-electron chi connectivity index (χ2n) is 4.62. The number of aryl methyl sites for hydroxylation is 1. The van der Waals surface area contributed by atoms with Crippen molar-refractivity contribution in [3.05, 3.63) is 53.9 Å². The van der Waals surface area contributed by atoms with Crippen LogP contribution in [0.25, 0.3) is 0 Å². The van der Waals surface area contributed by atoms with Crippen LogP contribution in [0.3, 0.4) is 0 Å². The average Bonchev–Trinajstić information content (AvgIpc) is 3.05. The third kappa shape index (κ3) is 2.04. The van der Waals surface area contributed by atoms with Gasteiger partial charge in [0.1, 0.15) is 0 Å². The summed E-state index contributed by atoms with van der Waals surface area (Å²) in [6.07, 6.45) is 4.22. The molecule has 0 spiro atoms. The van der Waals surface area contributed by atoms with Gasteiger partial charge in [0, 0.05) is 30.5 Å². The molecule has 1 aliphatic rings. The lowest BCUT2D eigenvalue weighted by Gasteiger charge is -2.17. The quantitative estimate of drug-likeness (QED) is 0.879. The van der Waals surface area contributed by atoms with Crippen molar-refractivity contribution in [3.63, 3.8) is 0 Å². The number of rotatable bonds is 3. The summed E-state index contributed by atoms with van der Waals surface area (Å²) in [6.45, 7) is 0.822. The zero-order valence-electron chi connectivity index (χ0n) is 10.2. The summed E-state index contributed by atoms with van der Waals surface area (Å²) in [4.78, 5) is 17.3. The van der Waals surface area contributed by atoms with Crippen molar-refractivity contribution in [2.24, 2.45) is 0 Å². The summed E-state index contributed by atoms with van der Waals surface area (Å²) in [6, 6.07) is 12.2. The summed E-state index contributed by atoms with van der Waals surface area (Å²) in [5.74, 6) is 0.217.